The van der Waals surface area contributed by atoms with E-state index in [4.69, 9.17) is 0 Å². The average molecular weight is 391 g/mol. The van der Waals surface area contributed by atoms with E-state index in [1.807, 2.05) is 30.3 Å². The topological polar surface area (TPSA) is 68.9 Å². The summed E-state index contributed by atoms with van der Waals surface area (Å²) in [5.74, 6) is 0.779. The van der Waals surface area contributed by atoms with E-state index in [0.717, 1.165) is 11.1 Å². The first-order valence-electron chi connectivity index (χ1n) is 8.49. The number of non-ortho nitro benzene ring substituents is 1. The summed E-state index contributed by atoms with van der Waals surface area (Å²) in [6.45, 7) is 0. The lowest BCUT2D eigenvalue weighted by Gasteiger charge is -2.09. The Morgan fingerprint density at radius 2 is 1.71 bits per heavy atom. The maximum Gasteiger partial charge on any atom is 0.269 e. The number of thioether (sulfide) groups is 1. The summed E-state index contributed by atoms with van der Waals surface area (Å²) in [5.41, 5.74) is 2.52. The Morgan fingerprint density at radius 1 is 0.964 bits per heavy atom. The lowest BCUT2D eigenvalue weighted by atomic mass is 10.2. The van der Waals surface area contributed by atoms with Gasteiger partial charge in [-0.25, -0.2) is 14.4 Å². The predicted octanol–water partition coefficient (Wildman–Crippen LogP) is 5.64. The van der Waals surface area contributed by atoms with E-state index in [9.17, 15) is 14.5 Å². The highest BCUT2D eigenvalue weighted by Gasteiger charge is 2.12. The third kappa shape index (κ3) is 3.84. The van der Waals surface area contributed by atoms with Gasteiger partial charge in [0.15, 0.2) is 5.82 Å². The second-order valence-electron chi connectivity index (χ2n) is 6.09. The zero-order valence-electron chi connectivity index (χ0n) is 14.6. The van der Waals surface area contributed by atoms with Crippen molar-refractivity contribution in [2.45, 2.75) is 10.8 Å². The summed E-state index contributed by atoms with van der Waals surface area (Å²) in [5, 5.41) is 12.1. The molecule has 1 heterocycles. The zero-order chi connectivity index (χ0) is 19.5. The first kappa shape index (κ1) is 18.1. The van der Waals surface area contributed by atoms with Gasteiger partial charge in [-0.3, -0.25) is 10.1 Å². The molecule has 1 aromatic heterocycles. The van der Waals surface area contributed by atoms with Gasteiger partial charge in [0, 0.05) is 28.8 Å². The Hall–Kier alpha value is -3.32. The average Bonchev–Trinajstić information content (AvgIpc) is 2.73. The highest BCUT2D eigenvalue weighted by molar-refractivity contribution is 7.98. The molecule has 0 atom stereocenters. The van der Waals surface area contributed by atoms with Crippen LogP contribution >= 0.6 is 11.8 Å². The molecular formula is C21H14FN3O2S. The smallest absolute Gasteiger partial charge is 0.258 e. The molecule has 0 amide bonds. The number of rotatable bonds is 5. The van der Waals surface area contributed by atoms with Crippen LogP contribution in [0.3, 0.4) is 0 Å². The van der Waals surface area contributed by atoms with Crippen molar-refractivity contribution in [3.63, 3.8) is 0 Å². The Morgan fingerprint density at radius 3 is 2.43 bits per heavy atom. The third-order valence-electron chi connectivity index (χ3n) is 4.18. The number of benzene rings is 3. The maximum atomic E-state index is 13.8. The maximum absolute atomic E-state index is 13.8. The standard InChI is InChI=1S/C21H14FN3O2S/c22-16-8-11-19-18(12-16)21(24-20(23-19)15-4-2-1-3-5-15)28-13-14-6-9-17(10-7-14)25(26)27/h1-12H,13H2. The van der Waals surface area contributed by atoms with Crippen molar-refractivity contribution in [2.24, 2.45) is 0 Å². The summed E-state index contributed by atoms with van der Waals surface area (Å²) in [4.78, 5) is 19.6. The molecule has 4 rings (SSSR count). The van der Waals surface area contributed by atoms with Crippen LogP contribution in [0.15, 0.2) is 77.8 Å². The first-order valence-corrected chi connectivity index (χ1v) is 9.47. The van der Waals surface area contributed by atoms with E-state index in [1.54, 1.807) is 18.2 Å². The zero-order valence-corrected chi connectivity index (χ0v) is 15.4. The van der Waals surface area contributed by atoms with Crippen molar-refractivity contribution in [1.29, 1.82) is 0 Å². The van der Waals surface area contributed by atoms with Gasteiger partial charge in [-0.15, -0.1) is 11.8 Å². The molecule has 28 heavy (non-hydrogen) atoms. The van der Waals surface area contributed by atoms with Gasteiger partial charge in [-0.2, -0.15) is 0 Å². The number of nitro groups is 1. The van der Waals surface area contributed by atoms with Gasteiger partial charge in [0.05, 0.1) is 10.4 Å². The van der Waals surface area contributed by atoms with Gasteiger partial charge in [0.1, 0.15) is 10.8 Å². The molecule has 0 aliphatic heterocycles. The van der Waals surface area contributed by atoms with Crippen LogP contribution in [0.25, 0.3) is 22.3 Å². The van der Waals surface area contributed by atoms with E-state index >= 15 is 0 Å². The van der Waals surface area contributed by atoms with E-state index in [2.05, 4.69) is 9.97 Å². The van der Waals surface area contributed by atoms with Crippen molar-refractivity contribution in [1.82, 2.24) is 9.97 Å². The number of aromatic nitrogens is 2. The fraction of sp³-hybridized carbons (Fsp3) is 0.0476. The molecule has 3 aromatic carbocycles. The van der Waals surface area contributed by atoms with E-state index in [-0.39, 0.29) is 11.5 Å². The number of hydrogen-bond donors (Lipinski definition) is 0. The summed E-state index contributed by atoms with van der Waals surface area (Å²) < 4.78 is 13.8. The number of hydrogen-bond acceptors (Lipinski definition) is 5. The van der Waals surface area contributed by atoms with Crippen molar-refractivity contribution >= 4 is 28.4 Å². The van der Waals surface area contributed by atoms with Crippen molar-refractivity contribution in [3.05, 3.63) is 94.3 Å². The first-order chi connectivity index (χ1) is 13.6. The minimum Gasteiger partial charge on any atom is -0.258 e. The number of nitro benzene ring substituents is 1. The van der Waals surface area contributed by atoms with E-state index in [0.29, 0.717) is 27.5 Å². The fourth-order valence-corrected chi connectivity index (χ4v) is 3.73. The minimum absolute atomic E-state index is 0.0506. The summed E-state index contributed by atoms with van der Waals surface area (Å²) in [6, 6.07) is 20.4. The van der Waals surface area contributed by atoms with Gasteiger partial charge in [-0.1, -0.05) is 42.5 Å². The van der Waals surface area contributed by atoms with Crippen LogP contribution in [-0.2, 0) is 5.75 Å². The van der Waals surface area contributed by atoms with Gasteiger partial charge in [0.2, 0.25) is 0 Å². The Bertz CT molecular complexity index is 1150. The molecule has 5 nitrogen and oxygen atoms in total. The van der Waals surface area contributed by atoms with E-state index in [1.165, 1.54) is 36.0 Å². The van der Waals surface area contributed by atoms with Crippen LogP contribution in [0.4, 0.5) is 10.1 Å². The quantitative estimate of drug-likeness (QED) is 0.191. The van der Waals surface area contributed by atoms with Crippen LogP contribution in [-0.4, -0.2) is 14.9 Å². The van der Waals surface area contributed by atoms with E-state index < -0.39 is 4.92 Å². The highest BCUT2D eigenvalue weighted by Crippen LogP contribution is 2.31. The van der Waals surface area contributed by atoms with Crippen LogP contribution in [0.5, 0.6) is 0 Å². The molecule has 7 heteroatoms. The third-order valence-corrected chi connectivity index (χ3v) is 5.24. The van der Waals surface area contributed by atoms with Gasteiger partial charge in [-0.05, 0) is 23.8 Å². The number of halogens is 1. The number of nitrogens with zero attached hydrogens (tertiary/aromatic N) is 3. The summed E-state index contributed by atoms with van der Waals surface area (Å²) in [6.07, 6.45) is 0. The molecule has 0 saturated heterocycles. The predicted molar refractivity (Wildman–Crippen MR) is 108 cm³/mol. The monoisotopic (exact) mass is 391 g/mol. The molecule has 0 aliphatic carbocycles. The molecular weight excluding hydrogens is 377 g/mol. The Kier molecular flexibility index (Phi) is 4.99. The molecule has 0 N–H and O–H groups in total. The molecule has 0 unspecified atom stereocenters. The van der Waals surface area contributed by atoms with Crippen LogP contribution in [0.2, 0.25) is 0 Å². The molecule has 0 fully saturated rings. The SMILES string of the molecule is O=[N+]([O-])c1ccc(CSc2nc(-c3ccccc3)nc3ccc(F)cc23)cc1. The van der Waals surface area contributed by atoms with Gasteiger partial charge in [0.25, 0.3) is 5.69 Å². The molecule has 0 saturated carbocycles. The number of fused-ring (bicyclic) bond motifs is 1. The van der Waals surface area contributed by atoms with Crippen molar-refractivity contribution in [2.75, 3.05) is 0 Å². The normalized spacial score (nSPS) is 10.9. The summed E-state index contributed by atoms with van der Waals surface area (Å²) >= 11 is 1.45. The largest absolute Gasteiger partial charge is 0.269 e. The van der Waals surface area contributed by atoms with Crippen molar-refractivity contribution in [3.8, 4) is 11.4 Å². The molecule has 0 radical (unpaired) electrons. The highest BCUT2D eigenvalue weighted by atomic mass is 32.2. The molecule has 0 aliphatic rings. The molecule has 4 aromatic rings. The Balaban J connectivity index is 1.70. The minimum atomic E-state index is -0.427. The fourth-order valence-electron chi connectivity index (χ4n) is 2.76. The van der Waals surface area contributed by atoms with Gasteiger partial charge < -0.3 is 0 Å². The van der Waals surface area contributed by atoms with Crippen LogP contribution in [0.1, 0.15) is 5.56 Å². The lowest BCUT2D eigenvalue weighted by Crippen LogP contribution is -1.95. The van der Waals surface area contributed by atoms with Gasteiger partial charge >= 0.3 is 0 Å². The molecule has 0 spiro atoms. The second-order valence-corrected chi connectivity index (χ2v) is 7.06. The summed E-state index contributed by atoms with van der Waals surface area (Å²) in [7, 11) is 0. The second kappa shape index (κ2) is 7.74. The van der Waals surface area contributed by atoms with Crippen LogP contribution in [0, 0.1) is 15.9 Å². The Labute approximate surface area is 164 Å². The van der Waals surface area contributed by atoms with Crippen molar-refractivity contribution < 1.29 is 9.31 Å². The molecule has 138 valence electrons. The van der Waals surface area contributed by atoms with Crippen LogP contribution < -0.4 is 0 Å². The lowest BCUT2D eigenvalue weighted by molar-refractivity contribution is -0.384. The molecule has 0 bridgehead atoms.